The number of Topliss-reactive ketones (excluding diaryl/α,β-unsaturated/α-hetero) is 2. The van der Waals surface area contributed by atoms with Crippen molar-refractivity contribution in [3.63, 3.8) is 0 Å². The maximum absolute atomic E-state index is 12.4. The maximum atomic E-state index is 12.4. The smallest absolute Gasteiger partial charge is 0.303 e. The Labute approximate surface area is 224 Å². The fourth-order valence-corrected chi connectivity index (χ4v) is 6.26. The highest BCUT2D eigenvalue weighted by molar-refractivity contribution is 7.21. The Morgan fingerprint density at radius 2 is 1.32 bits per heavy atom. The molecule has 2 N–H and O–H groups in total. The van der Waals surface area contributed by atoms with Crippen molar-refractivity contribution in [2.75, 3.05) is 0 Å². The summed E-state index contributed by atoms with van der Waals surface area (Å²) in [5, 5.41) is 27.8. The number of aromatic nitrogens is 3. The van der Waals surface area contributed by atoms with Gasteiger partial charge in [0.2, 0.25) is 0 Å². The topological polar surface area (TPSA) is 139 Å². The predicted molar refractivity (Wildman–Crippen MR) is 144 cm³/mol. The van der Waals surface area contributed by atoms with E-state index in [4.69, 9.17) is 10.2 Å². The monoisotopic (exact) mass is 547 g/mol. The van der Waals surface area contributed by atoms with Gasteiger partial charge in [-0.15, -0.1) is 27.8 Å². The molecule has 2 aromatic carbocycles. The van der Waals surface area contributed by atoms with Gasteiger partial charge < -0.3 is 10.2 Å². The Balaban J connectivity index is 1.36. The van der Waals surface area contributed by atoms with E-state index in [0.717, 1.165) is 37.0 Å². The average Bonchev–Trinajstić information content (AvgIpc) is 3.63. The van der Waals surface area contributed by atoms with E-state index in [1.807, 2.05) is 36.4 Å². The lowest BCUT2D eigenvalue weighted by Gasteiger charge is -2.07. The molecule has 0 aliphatic rings. The van der Waals surface area contributed by atoms with Crippen molar-refractivity contribution in [1.82, 2.24) is 15.0 Å². The van der Waals surface area contributed by atoms with Crippen LogP contribution in [0.15, 0.2) is 54.7 Å². The second kappa shape index (κ2) is 10.6. The first-order valence-corrected chi connectivity index (χ1v) is 13.3. The van der Waals surface area contributed by atoms with Crippen LogP contribution >= 0.6 is 22.7 Å². The van der Waals surface area contributed by atoms with E-state index in [9.17, 15) is 19.2 Å². The molecule has 3 aromatic heterocycles. The second-order valence-electron chi connectivity index (χ2n) is 8.76. The Hall–Kier alpha value is -4.22. The molecule has 5 aromatic rings. The molecule has 0 saturated heterocycles. The summed E-state index contributed by atoms with van der Waals surface area (Å²) < 4.78 is 3.62. The summed E-state index contributed by atoms with van der Waals surface area (Å²) in [6.45, 7) is 0.451. The van der Waals surface area contributed by atoms with E-state index in [1.54, 1.807) is 23.0 Å². The van der Waals surface area contributed by atoms with Crippen molar-refractivity contribution < 1.29 is 29.4 Å². The zero-order valence-corrected chi connectivity index (χ0v) is 21.6. The number of rotatable bonds is 11. The molecule has 38 heavy (non-hydrogen) atoms. The SMILES string of the molecule is O=C(O)CCC(=O)c1cc2ccc(Cn3nncc3-c3ccc4cc(C(=O)CCC(=O)O)sc4c3)cc2s1. The van der Waals surface area contributed by atoms with Gasteiger partial charge in [-0.05, 0) is 40.6 Å². The Kier molecular flexibility index (Phi) is 7.12. The lowest BCUT2D eigenvalue weighted by atomic mass is 10.1. The molecule has 0 fully saturated rings. The number of hydrogen-bond donors (Lipinski definition) is 2. The third-order valence-corrected chi connectivity index (χ3v) is 8.31. The number of nitrogens with zero attached hydrogens (tertiary/aromatic N) is 3. The molecular weight excluding hydrogens is 526 g/mol. The second-order valence-corrected chi connectivity index (χ2v) is 10.9. The molecule has 9 nitrogen and oxygen atoms in total. The van der Waals surface area contributed by atoms with E-state index in [0.29, 0.717) is 16.3 Å². The number of ketones is 2. The van der Waals surface area contributed by atoms with Gasteiger partial charge in [-0.1, -0.05) is 29.5 Å². The largest absolute Gasteiger partial charge is 0.481 e. The van der Waals surface area contributed by atoms with Crippen LogP contribution in [0.4, 0.5) is 0 Å². The van der Waals surface area contributed by atoms with Crippen LogP contribution in [0.5, 0.6) is 0 Å². The minimum Gasteiger partial charge on any atom is -0.481 e. The Bertz CT molecular complexity index is 1710. The van der Waals surface area contributed by atoms with Crippen LogP contribution in [0, 0.1) is 0 Å². The standard InChI is InChI=1S/C27H21N3O6S2/c31-20(5-7-26(33)34)24-11-17-2-1-15(9-22(17)37-24)14-30-19(13-28-29-30)16-3-4-18-12-25(38-23(18)10-16)21(32)6-8-27(35)36/h1-4,9-13H,5-8,14H2,(H,33,34)(H,35,36). The van der Waals surface area contributed by atoms with Gasteiger partial charge in [0.05, 0.1) is 41.0 Å². The zero-order chi connectivity index (χ0) is 26.8. The van der Waals surface area contributed by atoms with E-state index in [-0.39, 0.29) is 37.2 Å². The van der Waals surface area contributed by atoms with Gasteiger partial charge in [-0.2, -0.15) is 0 Å². The molecule has 11 heteroatoms. The molecule has 0 saturated carbocycles. The quantitative estimate of drug-likeness (QED) is 0.206. The van der Waals surface area contributed by atoms with Crippen LogP contribution < -0.4 is 0 Å². The number of benzene rings is 2. The highest BCUT2D eigenvalue weighted by Crippen LogP contribution is 2.32. The number of hydrogen-bond acceptors (Lipinski definition) is 8. The molecule has 5 rings (SSSR count). The molecule has 0 atom stereocenters. The van der Waals surface area contributed by atoms with Crippen LogP contribution in [0.3, 0.4) is 0 Å². The number of thiophene rings is 2. The summed E-state index contributed by atoms with van der Waals surface area (Å²) in [4.78, 5) is 47.3. The molecule has 192 valence electrons. The number of carbonyl (C=O) groups is 4. The first kappa shape index (κ1) is 25.4. The highest BCUT2D eigenvalue weighted by Gasteiger charge is 2.15. The lowest BCUT2D eigenvalue weighted by Crippen LogP contribution is -2.03. The van der Waals surface area contributed by atoms with Gasteiger partial charge in [0, 0.05) is 27.8 Å². The molecule has 0 spiro atoms. The number of aliphatic carboxylic acids is 2. The minimum atomic E-state index is -0.995. The van der Waals surface area contributed by atoms with Gasteiger partial charge in [0.15, 0.2) is 11.6 Å². The fourth-order valence-electron chi connectivity index (χ4n) is 4.10. The summed E-state index contributed by atoms with van der Waals surface area (Å²) in [6.07, 6.45) is 1.24. The van der Waals surface area contributed by atoms with E-state index in [2.05, 4.69) is 10.3 Å². The predicted octanol–water partition coefficient (Wildman–Crippen LogP) is 5.52. The molecule has 0 aliphatic carbocycles. The summed E-state index contributed by atoms with van der Waals surface area (Å²) in [5.41, 5.74) is 2.66. The molecule has 0 unspecified atom stereocenters. The average molecular weight is 548 g/mol. The zero-order valence-electron chi connectivity index (χ0n) is 19.9. The maximum Gasteiger partial charge on any atom is 0.303 e. The minimum absolute atomic E-state index is 0.0239. The van der Waals surface area contributed by atoms with Gasteiger partial charge in [-0.25, -0.2) is 4.68 Å². The Morgan fingerprint density at radius 1 is 0.737 bits per heavy atom. The van der Waals surface area contributed by atoms with Crippen molar-refractivity contribution in [1.29, 1.82) is 0 Å². The first-order chi connectivity index (χ1) is 18.3. The van der Waals surface area contributed by atoms with Crippen LogP contribution in [-0.2, 0) is 16.1 Å². The number of carboxylic acids is 2. The summed E-state index contributed by atoms with van der Waals surface area (Å²) in [7, 11) is 0. The third kappa shape index (κ3) is 5.53. The van der Waals surface area contributed by atoms with Crippen molar-refractivity contribution in [2.24, 2.45) is 0 Å². The highest BCUT2D eigenvalue weighted by atomic mass is 32.1. The molecule has 0 bridgehead atoms. The normalized spacial score (nSPS) is 11.3. The number of carboxylic acid groups (broad SMARTS) is 2. The van der Waals surface area contributed by atoms with E-state index >= 15 is 0 Å². The lowest BCUT2D eigenvalue weighted by molar-refractivity contribution is -0.137. The molecular formula is C27H21N3O6S2. The summed E-state index contributed by atoms with van der Waals surface area (Å²) >= 11 is 2.69. The summed E-state index contributed by atoms with van der Waals surface area (Å²) in [6, 6.07) is 15.3. The van der Waals surface area contributed by atoms with Crippen LogP contribution in [0.2, 0.25) is 0 Å². The van der Waals surface area contributed by atoms with Gasteiger partial charge >= 0.3 is 11.9 Å². The van der Waals surface area contributed by atoms with Crippen molar-refractivity contribution in [3.8, 4) is 11.3 Å². The van der Waals surface area contributed by atoms with Crippen molar-refractivity contribution in [2.45, 2.75) is 32.2 Å². The van der Waals surface area contributed by atoms with Crippen molar-refractivity contribution in [3.05, 3.63) is 70.0 Å². The molecule has 0 radical (unpaired) electrons. The third-order valence-electron chi connectivity index (χ3n) is 6.03. The van der Waals surface area contributed by atoms with Crippen LogP contribution in [-0.4, -0.2) is 48.7 Å². The van der Waals surface area contributed by atoms with Gasteiger partial charge in [-0.3, -0.25) is 19.2 Å². The fraction of sp³-hybridized carbons (Fsp3) is 0.185. The number of carbonyl (C=O) groups excluding carboxylic acids is 2. The van der Waals surface area contributed by atoms with Crippen molar-refractivity contribution >= 4 is 66.4 Å². The summed E-state index contributed by atoms with van der Waals surface area (Å²) in [5.74, 6) is -2.35. The molecule has 0 amide bonds. The van der Waals surface area contributed by atoms with E-state index in [1.165, 1.54) is 22.7 Å². The van der Waals surface area contributed by atoms with Gasteiger partial charge in [0.1, 0.15) is 0 Å². The molecule has 0 aliphatic heterocycles. The van der Waals surface area contributed by atoms with E-state index < -0.39 is 11.9 Å². The molecule has 3 heterocycles. The van der Waals surface area contributed by atoms with Crippen LogP contribution in [0.25, 0.3) is 31.4 Å². The Morgan fingerprint density at radius 3 is 1.92 bits per heavy atom. The number of fused-ring (bicyclic) bond motifs is 2. The van der Waals surface area contributed by atoms with Gasteiger partial charge in [0.25, 0.3) is 0 Å². The first-order valence-electron chi connectivity index (χ1n) is 11.7. The van der Waals surface area contributed by atoms with Crippen LogP contribution in [0.1, 0.15) is 50.6 Å².